The summed E-state index contributed by atoms with van der Waals surface area (Å²) in [5.74, 6) is 0. The lowest BCUT2D eigenvalue weighted by molar-refractivity contribution is 1.13. The van der Waals surface area contributed by atoms with Gasteiger partial charge in [0.2, 0.25) is 0 Å². The highest BCUT2D eigenvalue weighted by Crippen LogP contribution is 2.40. The lowest BCUT2D eigenvalue weighted by Crippen LogP contribution is -2.24. The van der Waals surface area contributed by atoms with Crippen LogP contribution in [-0.2, 0) is 0 Å². The zero-order valence-corrected chi connectivity index (χ0v) is 18.6. The molecule has 4 rings (SSSR count). The minimum Gasteiger partial charge on any atom is -0.378 e. The quantitative estimate of drug-likeness (QED) is 0.504. The summed E-state index contributed by atoms with van der Waals surface area (Å²) in [6.07, 6.45) is 3.39. The third-order valence-electron chi connectivity index (χ3n) is 5.49. The summed E-state index contributed by atoms with van der Waals surface area (Å²) >= 11 is 0. The van der Waals surface area contributed by atoms with Crippen LogP contribution in [0.2, 0.25) is 0 Å². The normalized spacial score (nSPS) is 13.8. The number of hydrogen-bond acceptors (Lipinski definition) is 1. The molecule has 0 bridgehead atoms. The third kappa shape index (κ3) is 4.07. The second-order valence-electron chi connectivity index (χ2n) is 7.93. The van der Waals surface area contributed by atoms with E-state index in [0.717, 1.165) is 6.42 Å². The Bertz CT molecular complexity index is 1020. The zero-order valence-electron chi connectivity index (χ0n) is 17.7. The van der Waals surface area contributed by atoms with Crippen LogP contribution in [0.5, 0.6) is 0 Å². The molecule has 3 aromatic rings. The van der Waals surface area contributed by atoms with E-state index in [1.54, 1.807) is 0 Å². The van der Waals surface area contributed by atoms with Gasteiger partial charge in [0.25, 0.3) is 0 Å². The van der Waals surface area contributed by atoms with E-state index in [9.17, 15) is 0 Å². The van der Waals surface area contributed by atoms with Crippen LogP contribution in [0.25, 0.3) is 5.57 Å². The maximum absolute atomic E-state index is 2.41. The Morgan fingerprint density at radius 2 is 1.34 bits per heavy atom. The number of allylic oxidation sites excluding steroid dienone is 4. The van der Waals surface area contributed by atoms with Gasteiger partial charge in [-0.2, -0.15) is 0 Å². The highest BCUT2D eigenvalue weighted by atomic mass is 31.1. The van der Waals surface area contributed by atoms with Gasteiger partial charge in [0.05, 0.1) is 0 Å². The Kier molecular flexibility index (Phi) is 5.69. The summed E-state index contributed by atoms with van der Waals surface area (Å²) < 4.78 is 0. The van der Waals surface area contributed by atoms with Crippen LogP contribution in [0.4, 0.5) is 5.69 Å². The van der Waals surface area contributed by atoms with Gasteiger partial charge in [-0.3, -0.25) is 0 Å². The van der Waals surface area contributed by atoms with Gasteiger partial charge in [-0.15, -0.1) is 0 Å². The molecule has 1 aliphatic rings. The molecule has 3 aromatic carbocycles. The number of rotatable bonds is 5. The van der Waals surface area contributed by atoms with Crippen molar-refractivity contribution in [3.05, 3.63) is 102 Å². The molecule has 0 aromatic heterocycles. The molecule has 0 N–H and O–H groups in total. The maximum atomic E-state index is 2.41. The van der Waals surface area contributed by atoms with Gasteiger partial charge in [-0.25, -0.2) is 0 Å². The van der Waals surface area contributed by atoms with Crippen molar-refractivity contribution in [1.29, 1.82) is 0 Å². The number of nitrogens with zero attached hydrogens (tertiary/aromatic N) is 1. The van der Waals surface area contributed by atoms with Crippen molar-refractivity contribution in [3.8, 4) is 0 Å². The van der Waals surface area contributed by atoms with E-state index in [0.29, 0.717) is 0 Å². The summed E-state index contributed by atoms with van der Waals surface area (Å²) in [6, 6.07) is 29.0. The van der Waals surface area contributed by atoms with Crippen LogP contribution in [0.3, 0.4) is 0 Å². The lowest BCUT2D eigenvalue weighted by Gasteiger charge is -2.25. The molecule has 0 heterocycles. The van der Waals surface area contributed by atoms with Crippen molar-refractivity contribution in [2.45, 2.75) is 20.3 Å². The van der Waals surface area contributed by atoms with Crippen LogP contribution in [0.15, 0.2) is 96.1 Å². The van der Waals surface area contributed by atoms with E-state index in [1.807, 2.05) is 0 Å². The predicted octanol–water partition coefficient (Wildman–Crippen LogP) is 5.63. The van der Waals surface area contributed by atoms with Crippen LogP contribution >= 0.6 is 7.92 Å². The van der Waals surface area contributed by atoms with E-state index in [2.05, 4.69) is 118 Å². The topological polar surface area (TPSA) is 3.24 Å². The van der Waals surface area contributed by atoms with Crippen LogP contribution in [0.1, 0.15) is 25.8 Å². The van der Waals surface area contributed by atoms with Crippen molar-refractivity contribution >= 4 is 35.1 Å². The molecule has 146 valence electrons. The smallest absolute Gasteiger partial charge is 0.0368 e. The average molecular weight is 398 g/mol. The lowest BCUT2D eigenvalue weighted by atomic mass is 10.0. The molecular formula is C27H28NP. The van der Waals surface area contributed by atoms with Gasteiger partial charge in [0.15, 0.2) is 0 Å². The summed E-state index contributed by atoms with van der Waals surface area (Å²) in [7, 11) is 3.60. The highest BCUT2D eigenvalue weighted by Gasteiger charge is 2.24. The van der Waals surface area contributed by atoms with E-state index in [1.165, 1.54) is 43.9 Å². The van der Waals surface area contributed by atoms with E-state index < -0.39 is 7.92 Å². The molecule has 1 aliphatic carbocycles. The predicted molar refractivity (Wildman–Crippen MR) is 130 cm³/mol. The first-order valence-corrected chi connectivity index (χ1v) is 11.5. The van der Waals surface area contributed by atoms with Gasteiger partial charge in [0, 0.05) is 19.8 Å². The number of hydrogen-bond donors (Lipinski definition) is 0. The minimum atomic E-state index is -0.641. The fourth-order valence-electron chi connectivity index (χ4n) is 4.05. The highest BCUT2D eigenvalue weighted by molar-refractivity contribution is 7.80. The minimum absolute atomic E-state index is 0.641. The fraction of sp³-hybridized carbons (Fsp3) is 0.185. The molecule has 0 aliphatic heterocycles. The van der Waals surface area contributed by atoms with Crippen LogP contribution in [0, 0.1) is 0 Å². The van der Waals surface area contributed by atoms with Gasteiger partial charge < -0.3 is 4.90 Å². The van der Waals surface area contributed by atoms with Crippen LogP contribution in [-0.4, -0.2) is 14.1 Å². The van der Waals surface area contributed by atoms with E-state index in [-0.39, 0.29) is 0 Å². The van der Waals surface area contributed by atoms with Crippen molar-refractivity contribution < 1.29 is 0 Å². The Morgan fingerprint density at radius 1 is 0.759 bits per heavy atom. The number of anilines is 1. The molecule has 0 atom stereocenters. The van der Waals surface area contributed by atoms with Gasteiger partial charge in [0.1, 0.15) is 0 Å². The molecule has 0 saturated heterocycles. The zero-order chi connectivity index (χ0) is 20.4. The molecule has 0 spiro atoms. The Morgan fingerprint density at radius 3 is 1.83 bits per heavy atom. The van der Waals surface area contributed by atoms with Gasteiger partial charge in [-0.05, 0) is 72.9 Å². The van der Waals surface area contributed by atoms with Crippen molar-refractivity contribution in [1.82, 2.24) is 0 Å². The summed E-state index contributed by atoms with van der Waals surface area (Å²) in [5.41, 5.74) is 6.98. The fourth-order valence-corrected chi connectivity index (χ4v) is 6.56. The van der Waals surface area contributed by atoms with E-state index >= 15 is 0 Å². The molecule has 0 unspecified atom stereocenters. The maximum Gasteiger partial charge on any atom is 0.0368 e. The van der Waals surface area contributed by atoms with Crippen molar-refractivity contribution in [3.63, 3.8) is 0 Å². The van der Waals surface area contributed by atoms with Crippen molar-refractivity contribution in [2.75, 3.05) is 19.0 Å². The Labute approximate surface area is 176 Å². The molecule has 0 fully saturated rings. The SMILES string of the molecule is CC1=CC(C)=C(c2ccc(N(C)C)cc2P(c2ccccc2)c2ccccc2)C1. The summed E-state index contributed by atoms with van der Waals surface area (Å²) in [4.78, 5) is 2.20. The second-order valence-corrected chi connectivity index (χ2v) is 10.1. The first-order valence-electron chi connectivity index (χ1n) is 10.1. The second kappa shape index (κ2) is 8.39. The summed E-state index contributed by atoms with van der Waals surface area (Å²) in [5, 5.41) is 4.24. The molecule has 2 heteroatoms. The first kappa shape index (κ1) is 19.7. The van der Waals surface area contributed by atoms with Crippen LogP contribution < -0.4 is 20.8 Å². The van der Waals surface area contributed by atoms with Crippen molar-refractivity contribution in [2.24, 2.45) is 0 Å². The third-order valence-corrected chi connectivity index (χ3v) is 7.97. The molecule has 0 radical (unpaired) electrons. The largest absolute Gasteiger partial charge is 0.378 e. The summed E-state index contributed by atoms with van der Waals surface area (Å²) in [6.45, 7) is 4.49. The monoisotopic (exact) mass is 397 g/mol. The Balaban J connectivity index is 1.96. The standard InChI is InChI=1S/C27H28NP/c1-20-17-21(2)26(18-20)25-16-15-22(28(3)4)19-27(25)29(23-11-7-5-8-12-23)24-13-9-6-10-14-24/h5-17,19H,18H2,1-4H3. The van der Waals surface area contributed by atoms with E-state index in [4.69, 9.17) is 0 Å². The first-order chi connectivity index (χ1) is 14.0. The molecule has 0 saturated carbocycles. The number of benzene rings is 3. The molecule has 1 nitrogen and oxygen atoms in total. The van der Waals surface area contributed by atoms with Gasteiger partial charge >= 0.3 is 0 Å². The average Bonchev–Trinajstić information content (AvgIpc) is 3.07. The van der Waals surface area contributed by atoms with Gasteiger partial charge in [-0.1, -0.05) is 78.4 Å². The molecule has 0 amide bonds. The molecular weight excluding hydrogens is 369 g/mol. The molecule has 29 heavy (non-hydrogen) atoms. The Hall–Kier alpha value is -2.63.